The predicted octanol–water partition coefficient (Wildman–Crippen LogP) is 5.12. The van der Waals surface area contributed by atoms with Gasteiger partial charge in [0.05, 0.1) is 24.5 Å². The van der Waals surface area contributed by atoms with Crippen LogP contribution in [0.5, 0.6) is 5.75 Å². The van der Waals surface area contributed by atoms with E-state index in [4.69, 9.17) is 14.9 Å². The number of hydrogen-bond acceptors (Lipinski definition) is 10. The number of nitrogens with one attached hydrogen (secondary N) is 2. The molecule has 12 heteroatoms. The van der Waals surface area contributed by atoms with Crippen molar-refractivity contribution in [3.63, 3.8) is 0 Å². The molecule has 0 bridgehead atoms. The molecule has 0 unspecified atom stereocenters. The third-order valence-electron chi connectivity index (χ3n) is 9.25. The molecule has 1 amide bonds. The van der Waals surface area contributed by atoms with Crippen molar-refractivity contribution in [3.8, 4) is 40.1 Å². The first kappa shape index (κ1) is 34.1. The number of hydroxylamine groups is 1. The number of amides is 1. The lowest BCUT2D eigenvalue weighted by atomic mass is 9.91. The van der Waals surface area contributed by atoms with Crippen LogP contribution in [0.3, 0.4) is 0 Å². The number of carbonyl (C=O) groups is 1. The van der Waals surface area contributed by atoms with E-state index in [-0.39, 0.29) is 28.5 Å². The summed E-state index contributed by atoms with van der Waals surface area (Å²) >= 11 is 0. The summed E-state index contributed by atoms with van der Waals surface area (Å²) < 4.78 is 20.4. The first-order valence-electron chi connectivity index (χ1n) is 16.3. The number of phenols is 1. The number of aromatic hydroxyl groups is 1. The van der Waals surface area contributed by atoms with Crippen molar-refractivity contribution in [2.45, 2.75) is 25.4 Å². The fourth-order valence-corrected chi connectivity index (χ4v) is 6.47. The van der Waals surface area contributed by atoms with Gasteiger partial charge >= 0.3 is 0 Å². The number of aromatic nitrogens is 1. The van der Waals surface area contributed by atoms with Crippen LogP contribution in [0.15, 0.2) is 73.4 Å². The number of phenolic OH excluding ortho intramolecular Hbond substituents is 1. The van der Waals surface area contributed by atoms with Gasteiger partial charge in [0, 0.05) is 61.7 Å². The Morgan fingerprint density at radius 3 is 2.34 bits per heavy atom. The van der Waals surface area contributed by atoms with Gasteiger partial charge in [0.25, 0.3) is 5.91 Å². The lowest BCUT2D eigenvalue weighted by Crippen LogP contribution is -2.42. The van der Waals surface area contributed by atoms with Crippen molar-refractivity contribution < 1.29 is 24.2 Å². The molecule has 4 N–H and O–H groups in total. The zero-order valence-electron chi connectivity index (χ0n) is 27.3. The van der Waals surface area contributed by atoms with Gasteiger partial charge in [-0.3, -0.25) is 10.0 Å². The second-order valence-corrected chi connectivity index (χ2v) is 12.2. The average molecular weight is 674 g/mol. The normalized spacial score (nSPS) is 14.9. The maximum atomic E-state index is 15.0. The van der Waals surface area contributed by atoms with Crippen LogP contribution in [0.4, 0.5) is 15.9 Å². The first-order chi connectivity index (χ1) is 24.3. The summed E-state index contributed by atoms with van der Waals surface area (Å²) in [5.74, 6) is -0.772. The molecule has 50 heavy (non-hydrogen) atoms. The third-order valence-corrected chi connectivity index (χ3v) is 9.25. The Labute approximate surface area is 289 Å². The highest BCUT2D eigenvalue weighted by Crippen LogP contribution is 2.41. The largest absolute Gasteiger partial charge is 0.506 e. The average Bonchev–Trinajstić information content (AvgIpc) is 3.16. The van der Waals surface area contributed by atoms with Gasteiger partial charge in [-0.05, 0) is 59.4 Å². The molecular formula is C38H36FN7O4. The molecule has 0 spiro atoms. The number of pyridine rings is 1. The second kappa shape index (κ2) is 15.2. The van der Waals surface area contributed by atoms with Crippen molar-refractivity contribution in [1.29, 1.82) is 10.5 Å². The molecule has 2 fully saturated rings. The zero-order chi connectivity index (χ0) is 35.2. The summed E-state index contributed by atoms with van der Waals surface area (Å²) in [6.45, 7) is 8.02. The van der Waals surface area contributed by atoms with Gasteiger partial charge in [-0.1, -0.05) is 43.0 Å². The Kier molecular flexibility index (Phi) is 10.4. The summed E-state index contributed by atoms with van der Waals surface area (Å²) in [5.41, 5.74) is 6.35. The van der Waals surface area contributed by atoms with Crippen LogP contribution in [0.2, 0.25) is 0 Å². The molecule has 11 nitrogen and oxygen atoms in total. The standard InChI is InChI=1S/C38H36FN7O4/c1-24(38(48)44-49)26-4-2-25(3-5-26)22-42-30-10-12-46(13-11-30)37-31(21-41)36(28-6-7-29(20-40)33(39)18-28)32(23-43-37)27-8-9-34(35(47)19-27)45-14-16-50-17-15-45/h2-9,18-19,23,30,42,47,49H,1,10-17,22H2,(H,44,48). The molecule has 2 saturated heterocycles. The molecule has 0 aliphatic carbocycles. The van der Waals surface area contributed by atoms with E-state index in [2.05, 4.69) is 27.8 Å². The van der Waals surface area contributed by atoms with Gasteiger partial charge in [0.2, 0.25) is 0 Å². The van der Waals surface area contributed by atoms with Crippen LogP contribution in [0, 0.1) is 28.5 Å². The van der Waals surface area contributed by atoms with Gasteiger partial charge in [0.15, 0.2) is 0 Å². The van der Waals surface area contributed by atoms with E-state index in [0.29, 0.717) is 85.3 Å². The number of hydrogen-bond donors (Lipinski definition) is 4. The molecule has 2 aliphatic heterocycles. The Morgan fingerprint density at radius 2 is 1.70 bits per heavy atom. The molecular weight excluding hydrogens is 637 g/mol. The maximum Gasteiger partial charge on any atom is 0.274 e. The fraction of sp³-hybridized carbons (Fsp3) is 0.263. The zero-order valence-corrected chi connectivity index (χ0v) is 27.3. The number of morpholine rings is 1. The number of carbonyl (C=O) groups excluding carboxylic acids is 1. The van der Waals surface area contributed by atoms with Crippen LogP contribution >= 0.6 is 0 Å². The van der Waals surface area contributed by atoms with Gasteiger partial charge < -0.3 is 25.0 Å². The Morgan fingerprint density at radius 1 is 0.980 bits per heavy atom. The quantitative estimate of drug-likeness (QED) is 0.107. The van der Waals surface area contributed by atoms with E-state index < -0.39 is 11.7 Å². The van der Waals surface area contributed by atoms with Gasteiger partial charge in [-0.15, -0.1) is 0 Å². The molecule has 4 aromatic rings. The highest BCUT2D eigenvalue weighted by molar-refractivity contribution is 6.18. The molecule has 1 aromatic heterocycles. The number of anilines is 2. The predicted molar refractivity (Wildman–Crippen MR) is 187 cm³/mol. The van der Waals surface area contributed by atoms with E-state index in [1.165, 1.54) is 12.1 Å². The summed E-state index contributed by atoms with van der Waals surface area (Å²) in [6, 6.07) is 21.4. The molecule has 254 valence electrons. The van der Waals surface area contributed by atoms with Crippen LogP contribution < -0.4 is 20.6 Å². The number of nitriles is 2. The lowest BCUT2D eigenvalue weighted by Gasteiger charge is -2.34. The molecule has 2 aliphatic rings. The van der Waals surface area contributed by atoms with E-state index in [9.17, 15) is 20.4 Å². The summed E-state index contributed by atoms with van der Waals surface area (Å²) in [4.78, 5) is 20.5. The van der Waals surface area contributed by atoms with Crippen molar-refractivity contribution in [1.82, 2.24) is 15.8 Å². The highest BCUT2D eigenvalue weighted by atomic mass is 19.1. The number of rotatable bonds is 9. The number of halogens is 1. The van der Waals surface area contributed by atoms with Crippen molar-refractivity contribution in [2.24, 2.45) is 0 Å². The Hall–Kier alpha value is -5.79. The molecule has 3 aromatic carbocycles. The van der Waals surface area contributed by atoms with Crippen LogP contribution in [0.25, 0.3) is 27.8 Å². The topological polar surface area (TPSA) is 158 Å². The number of piperidine rings is 1. The van der Waals surface area contributed by atoms with E-state index in [1.54, 1.807) is 35.9 Å². The lowest BCUT2D eigenvalue weighted by molar-refractivity contribution is -0.123. The minimum absolute atomic E-state index is 0.0778. The van der Waals surface area contributed by atoms with Crippen molar-refractivity contribution >= 4 is 23.0 Å². The number of benzene rings is 3. The second-order valence-electron chi connectivity index (χ2n) is 12.2. The van der Waals surface area contributed by atoms with Crippen molar-refractivity contribution in [3.05, 3.63) is 102 Å². The van der Waals surface area contributed by atoms with E-state index in [0.717, 1.165) is 18.4 Å². The minimum Gasteiger partial charge on any atom is -0.506 e. The minimum atomic E-state index is -0.689. The molecule has 0 radical (unpaired) electrons. The van der Waals surface area contributed by atoms with E-state index >= 15 is 4.39 Å². The smallest absolute Gasteiger partial charge is 0.274 e. The first-order valence-corrected chi connectivity index (χ1v) is 16.3. The maximum absolute atomic E-state index is 15.0. The summed E-state index contributed by atoms with van der Waals surface area (Å²) in [6.07, 6.45) is 3.24. The van der Waals surface area contributed by atoms with Crippen LogP contribution in [-0.2, 0) is 16.1 Å². The highest BCUT2D eigenvalue weighted by Gasteiger charge is 2.26. The Bertz CT molecular complexity index is 1990. The molecule has 6 rings (SSSR count). The van der Waals surface area contributed by atoms with Gasteiger partial charge in [0.1, 0.15) is 35.1 Å². The van der Waals surface area contributed by atoms with Gasteiger partial charge in [-0.25, -0.2) is 14.9 Å². The van der Waals surface area contributed by atoms with Gasteiger partial charge in [-0.2, -0.15) is 10.5 Å². The summed E-state index contributed by atoms with van der Waals surface area (Å²) in [7, 11) is 0. The Balaban J connectivity index is 1.24. The van der Waals surface area contributed by atoms with Crippen LogP contribution in [-0.4, -0.2) is 66.6 Å². The third kappa shape index (κ3) is 7.14. The molecule has 3 heterocycles. The number of nitrogens with zero attached hydrogens (tertiary/aromatic N) is 5. The summed E-state index contributed by atoms with van der Waals surface area (Å²) in [5, 5.41) is 43.4. The van der Waals surface area contributed by atoms with Crippen molar-refractivity contribution in [2.75, 3.05) is 49.2 Å². The molecule has 0 atom stereocenters. The monoisotopic (exact) mass is 673 g/mol. The fourth-order valence-electron chi connectivity index (χ4n) is 6.47. The molecule has 0 saturated carbocycles. The van der Waals surface area contributed by atoms with E-state index in [1.807, 2.05) is 30.3 Å². The van der Waals surface area contributed by atoms with Crippen LogP contribution in [0.1, 0.15) is 35.1 Å². The SMILES string of the molecule is C=C(C(=O)NO)c1ccc(CNC2CCN(c3ncc(-c4ccc(N5CCOCC5)c(O)c4)c(-c4ccc(C#N)c(F)c4)c3C#N)CC2)cc1. The number of ether oxygens (including phenoxy) is 1.